The largest absolute Gasteiger partial charge is 0.375 e. The van der Waals surface area contributed by atoms with Gasteiger partial charge in [-0.3, -0.25) is 4.79 Å². The van der Waals surface area contributed by atoms with Crippen LogP contribution in [0.2, 0.25) is 0 Å². The highest BCUT2D eigenvalue weighted by molar-refractivity contribution is 7.17. The zero-order valence-electron chi connectivity index (χ0n) is 10.4. The van der Waals surface area contributed by atoms with Gasteiger partial charge in [0.25, 0.3) is 5.91 Å². The molecule has 1 heterocycles. The van der Waals surface area contributed by atoms with Gasteiger partial charge in [-0.05, 0) is 19.3 Å². The Bertz CT molecular complexity index is 392. The summed E-state index contributed by atoms with van der Waals surface area (Å²) in [4.78, 5) is 16.6. The number of nitrogens with zero attached hydrogens (tertiary/aromatic N) is 1. The summed E-state index contributed by atoms with van der Waals surface area (Å²) in [5.41, 5.74) is 6.30. The number of aryl methyl sites for hydroxylation is 1. The number of nitrogens with two attached hydrogens (primary N) is 1. The van der Waals surface area contributed by atoms with E-state index in [0.29, 0.717) is 15.7 Å². The van der Waals surface area contributed by atoms with E-state index in [4.69, 9.17) is 5.73 Å². The van der Waals surface area contributed by atoms with Crippen LogP contribution in [0, 0.1) is 12.3 Å². The third-order valence-electron chi connectivity index (χ3n) is 2.67. The van der Waals surface area contributed by atoms with E-state index in [-0.39, 0.29) is 17.4 Å². The van der Waals surface area contributed by atoms with E-state index >= 15 is 0 Å². The van der Waals surface area contributed by atoms with Crippen molar-refractivity contribution in [1.82, 2.24) is 10.3 Å². The monoisotopic (exact) mass is 241 g/mol. The van der Waals surface area contributed by atoms with Gasteiger partial charge in [0, 0.05) is 6.04 Å². The van der Waals surface area contributed by atoms with Crippen molar-refractivity contribution in [3.63, 3.8) is 0 Å². The van der Waals surface area contributed by atoms with Crippen LogP contribution in [0.3, 0.4) is 0 Å². The molecule has 1 aromatic heterocycles. The number of nitrogens with one attached hydrogen (secondary N) is 1. The molecular formula is C11H19N3OS. The van der Waals surface area contributed by atoms with Gasteiger partial charge < -0.3 is 11.1 Å². The minimum Gasteiger partial charge on any atom is -0.375 e. The number of aromatic nitrogens is 1. The van der Waals surface area contributed by atoms with E-state index in [1.807, 2.05) is 6.92 Å². The highest BCUT2D eigenvalue weighted by Crippen LogP contribution is 2.22. The van der Waals surface area contributed by atoms with E-state index in [1.165, 1.54) is 11.3 Å². The van der Waals surface area contributed by atoms with Crippen molar-refractivity contribution in [2.24, 2.45) is 5.41 Å². The Balaban J connectivity index is 2.77. The summed E-state index contributed by atoms with van der Waals surface area (Å²) in [5.74, 6) is -0.0888. The van der Waals surface area contributed by atoms with E-state index in [2.05, 4.69) is 31.1 Å². The molecule has 90 valence electrons. The number of hydrogen-bond donors (Lipinski definition) is 2. The lowest BCUT2D eigenvalue weighted by molar-refractivity contribution is 0.0913. The highest BCUT2D eigenvalue weighted by Gasteiger charge is 2.23. The molecule has 0 aliphatic carbocycles. The summed E-state index contributed by atoms with van der Waals surface area (Å²) < 4.78 is 0. The number of amides is 1. The fraction of sp³-hybridized carbons (Fsp3) is 0.636. The van der Waals surface area contributed by atoms with E-state index in [0.717, 1.165) is 0 Å². The maximum Gasteiger partial charge on any atom is 0.263 e. The van der Waals surface area contributed by atoms with Gasteiger partial charge >= 0.3 is 0 Å². The van der Waals surface area contributed by atoms with Gasteiger partial charge in [-0.15, -0.1) is 0 Å². The fourth-order valence-electron chi connectivity index (χ4n) is 1.11. The molecule has 0 aromatic carbocycles. The average Bonchev–Trinajstić information content (AvgIpc) is 2.43. The van der Waals surface area contributed by atoms with Crippen molar-refractivity contribution in [2.45, 2.75) is 40.7 Å². The lowest BCUT2D eigenvalue weighted by Crippen LogP contribution is -2.41. The molecule has 1 rings (SSSR count). The zero-order valence-corrected chi connectivity index (χ0v) is 11.2. The number of rotatable bonds is 2. The molecule has 1 unspecified atom stereocenters. The normalized spacial score (nSPS) is 13.6. The lowest BCUT2D eigenvalue weighted by atomic mass is 9.88. The van der Waals surface area contributed by atoms with Crippen molar-refractivity contribution in [1.29, 1.82) is 0 Å². The van der Waals surface area contributed by atoms with Crippen LogP contribution in [0.25, 0.3) is 0 Å². The SMILES string of the molecule is Cc1nc(N)sc1C(=O)NC(C)C(C)(C)C. The third kappa shape index (κ3) is 2.95. The molecule has 0 bridgehead atoms. The summed E-state index contributed by atoms with van der Waals surface area (Å²) in [5, 5.41) is 3.40. The van der Waals surface area contributed by atoms with Gasteiger partial charge in [0.2, 0.25) is 0 Å². The van der Waals surface area contributed by atoms with Crippen LogP contribution in [0.5, 0.6) is 0 Å². The van der Waals surface area contributed by atoms with Gasteiger partial charge in [0.15, 0.2) is 5.13 Å². The molecule has 5 heteroatoms. The fourth-order valence-corrected chi connectivity index (χ4v) is 1.84. The van der Waals surface area contributed by atoms with Gasteiger partial charge in [-0.2, -0.15) is 0 Å². The molecule has 1 amide bonds. The smallest absolute Gasteiger partial charge is 0.263 e. The first-order valence-corrected chi connectivity index (χ1v) is 6.07. The van der Waals surface area contributed by atoms with Crippen LogP contribution in [-0.4, -0.2) is 16.9 Å². The molecule has 4 nitrogen and oxygen atoms in total. The number of hydrogen-bond acceptors (Lipinski definition) is 4. The van der Waals surface area contributed by atoms with Crippen LogP contribution in [0.4, 0.5) is 5.13 Å². The van der Waals surface area contributed by atoms with Gasteiger partial charge in [0.05, 0.1) is 5.69 Å². The van der Waals surface area contributed by atoms with Crippen LogP contribution in [0.1, 0.15) is 43.1 Å². The second-order valence-corrected chi connectivity index (χ2v) is 6.06. The minimum absolute atomic E-state index is 0.0415. The minimum atomic E-state index is -0.0888. The molecule has 0 aliphatic heterocycles. The number of nitrogen functional groups attached to an aromatic ring is 1. The Morgan fingerprint density at radius 1 is 1.50 bits per heavy atom. The van der Waals surface area contributed by atoms with Crippen molar-refractivity contribution in [3.8, 4) is 0 Å². The van der Waals surface area contributed by atoms with E-state index in [1.54, 1.807) is 6.92 Å². The summed E-state index contributed by atoms with van der Waals surface area (Å²) in [6, 6.07) is 0.0997. The predicted molar refractivity (Wildman–Crippen MR) is 67.6 cm³/mol. The Hall–Kier alpha value is -1.10. The van der Waals surface area contributed by atoms with Crippen molar-refractivity contribution < 1.29 is 4.79 Å². The first-order chi connectivity index (χ1) is 7.21. The summed E-state index contributed by atoms with van der Waals surface area (Å²) in [6.45, 7) is 10.1. The van der Waals surface area contributed by atoms with E-state index in [9.17, 15) is 4.79 Å². The van der Waals surface area contributed by atoms with Gasteiger partial charge in [0.1, 0.15) is 4.88 Å². The quantitative estimate of drug-likeness (QED) is 0.834. The van der Waals surface area contributed by atoms with Crippen LogP contribution in [-0.2, 0) is 0 Å². The Kier molecular flexibility index (Phi) is 3.57. The molecule has 1 aromatic rings. The zero-order chi connectivity index (χ0) is 12.5. The van der Waals surface area contributed by atoms with Crippen LogP contribution in [0.15, 0.2) is 0 Å². The number of anilines is 1. The lowest BCUT2D eigenvalue weighted by Gasteiger charge is -2.27. The predicted octanol–water partition coefficient (Wildman–Crippen LogP) is 2.20. The van der Waals surface area contributed by atoms with Crippen molar-refractivity contribution >= 4 is 22.4 Å². The van der Waals surface area contributed by atoms with E-state index < -0.39 is 0 Å². The molecule has 0 saturated heterocycles. The number of carbonyl (C=O) groups is 1. The third-order valence-corrected chi connectivity index (χ3v) is 3.65. The molecule has 0 aliphatic rings. The van der Waals surface area contributed by atoms with Gasteiger partial charge in [-0.25, -0.2) is 4.98 Å². The Morgan fingerprint density at radius 2 is 2.06 bits per heavy atom. The molecule has 0 fully saturated rings. The first-order valence-electron chi connectivity index (χ1n) is 5.25. The standard InChI is InChI=1S/C11H19N3OS/c1-6-8(16-10(12)13-6)9(15)14-7(2)11(3,4)5/h7H,1-5H3,(H2,12,13)(H,14,15). The second kappa shape index (κ2) is 4.41. The van der Waals surface area contributed by atoms with Gasteiger partial charge in [-0.1, -0.05) is 32.1 Å². The number of carbonyl (C=O) groups excluding carboxylic acids is 1. The molecule has 16 heavy (non-hydrogen) atoms. The molecule has 0 spiro atoms. The molecular weight excluding hydrogens is 222 g/mol. The molecule has 3 N–H and O–H groups in total. The summed E-state index contributed by atoms with van der Waals surface area (Å²) in [7, 11) is 0. The number of thiazole rings is 1. The first kappa shape index (κ1) is 13.0. The second-order valence-electron chi connectivity index (χ2n) is 5.03. The maximum absolute atomic E-state index is 11.9. The Morgan fingerprint density at radius 3 is 2.44 bits per heavy atom. The molecule has 0 radical (unpaired) electrons. The topological polar surface area (TPSA) is 68.0 Å². The summed E-state index contributed by atoms with van der Waals surface area (Å²) >= 11 is 1.23. The van der Waals surface area contributed by atoms with Crippen LogP contribution < -0.4 is 11.1 Å². The molecule has 1 atom stereocenters. The van der Waals surface area contributed by atoms with Crippen molar-refractivity contribution in [2.75, 3.05) is 5.73 Å². The average molecular weight is 241 g/mol. The maximum atomic E-state index is 11.9. The summed E-state index contributed by atoms with van der Waals surface area (Å²) in [6.07, 6.45) is 0. The van der Waals surface area contributed by atoms with Crippen LogP contribution >= 0.6 is 11.3 Å². The Labute approximate surface area is 100 Å². The van der Waals surface area contributed by atoms with Crippen molar-refractivity contribution in [3.05, 3.63) is 10.6 Å². The highest BCUT2D eigenvalue weighted by atomic mass is 32.1. The molecule has 0 saturated carbocycles.